The van der Waals surface area contributed by atoms with Gasteiger partial charge in [-0.1, -0.05) is 24.3 Å². The van der Waals surface area contributed by atoms with E-state index >= 15 is 0 Å². The number of H-pyrrole nitrogens is 1. The number of guanidine groups is 1. The fraction of sp³-hybridized carbons (Fsp3) is 0.250. The molecule has 0 radical (unpaired) electrons. The molecule has 33 heavy (non-hydrogen) atoms. The van der Waals surface area contributed by atoms with Crippen LogP contribution < -0.4 is 16.0 Å². The zero-order valence-corrected chi connectivity index (χ0v) is 18.6. The fourth-order valence-electron chi connectivity index (χ4n) is 3.37. The SMILES string of the molecule is CCOC(=O)c1[nH]c2ccc(CNC(C)=O)cc2c1CCN=C(NC#N)Nc1ccccc1. The topological polar surface area (TPSA) is 131 Å². The Kier molecular flexibility index (Phi) is 8.02. The summed E-state index contributed by atoms with van der Waals surface area (Å²) in [6, 6.07) is 15.1. The fourth-order valence-corrected chi connectivity index (χ4v) is 3.37. The predicted octanol–water partition coefficient (Wildman–Crippen LogP) is 3.06. The van der Waals surface area contributed by atoms with Crippen LogP contribution in [0.25, 0.3) is 10.9 Å². The third-order valence-corrected chi connectivity index (χ3v) is 4.83. The Balaban J connectivity index is 1.87. The summed E-state index contributed by atoms with van der Waals surface area (Å²) >= 11 is 0. The van der Waals surface area contributed by atoms with Gasteiger partial charge in [-0.2, -0.15) is 5.26 Å². The molecule has 0 aliphatic carbocycles. The van der Waals surface area contributed by atoms with Crippen LogP contribution in [0.5, 0.6) is 0 Å². The first-order chi connectivity index (χ1) is 16.0. The third-order valence-electron chi connectivity index (χ3n) is 4.83. The van der Waals surface area contributed by atoms with E-state index in [9.17, 15) is 9.59 Å². The number of amides is 1. The number of ether oxygens (including phenoxy) is 1. The molecule has 1 aromatic heterocycles. The number of nitriles is 1. The number of hydrogen-bond donors (Lipinski definition) is 4. The van der Waals surface area contributed by atoms with Gasteiger partial charge in [-0.05, 0) is 48.7 Å². The van der Waals surface area contributed by atoms with Gasteiger partial charge in [-0.3, -0.25) is 15.1 Å². The van der Waals surface area contributed by atoms with E-state index in [-0.39, 0.29) is 12.5 Å². The Morgan fingerprint density at radius 1 is 1.18 bits per heavy atom. The maximum Gasteiger partial charge on any atom is 0.355 e. The quantitative estimate of drug-likeness (QED) is 0.138. The zero-order chi connectivity index (χ0) is 23.6. The number of rotatable bonds is 8. The van der Waals surface area contributed by atoms with E-state index < -0.39 is 5.97 Å². The van der Waals surface area contributed by atoms with E-state index in [1.807, 2.05) is 54.7 Å². The number of aromatic amines is 1. The van der Waals surface area contributed by atoms with Crippen molar-refractivity contribution in [2.75, 3.05) is 18.5 Å². The van der Waals surface area contributed by atoms with Gasteiger partial charge in [-0.25, -0.2) is 4.79 Å². The number of para-hydroxylation sites is 1. The lowest BCUT2D eigenvalue weighted by atomic mass is 10.0. The van der Waals surface area contributed by atoms with Crippen LogP contribution in [0.1, 0.15) is 35.5 Å². The maximum absolute atomic E-state index is 12.6. The van der Waals surface area contributed by atoms with Crippen LogP contribution in [0.4, 0.5) is 5.69 Å². The van der Waals surface area contributed by atoms with E-state index in [1.165, 1.54) is 6.92 Å². The number of hydrogen-bond acceptors (Lipinski definition) is 5. The van der Waals surface area contributed by atoms with Crippen molar-refractivity contribution in [3.05, 3.63) is 65.4 Å². The number of nitrogens with zero attached hydrogens (tertiary/aromatic N) is 2. The molecule has 0 atom stereocenters. The lowest BCUT2D eigenvalue weighted by Gasteiger charge is -2.08. The number of anilines is 1. The molecular formula is C24H26N6O3. The molecular weight excluding hydrogens is 420 g/mol. The highest BCUT2D eigenvalue weighted by Gasteiger charge is 2.19. The predicted molar refractivity (Wildman–Crippen MR) is 127 cm³/mol. The summed E-state index contributed by atoms with van der Waals surface area (Å²) < 4.78 is 5.22. The number of carbonyl (C=O) groups excluding carboxylic acids is 2. The van der Waals surface area contributed by atoms with Crippen molar-refractivity contribution in [1.29, 1.82) is 5.26 Å². The molecule has 1 heterocycles. The van der Waals surface area contributed by atoms with Crippen LogP contribution in [0, 0.1) is 11.5 Å². The highest BCUT2D eigenvalue weighted by Crippen LogP contribution is 2.25. The lowest BCUT2D eigenvalue weighted by molar-refractivity contribution is -0.119. The molecule has 0 spiro atoms. The summed E-state index contributed by atoms with van der Waals surface area (Å²) in [5.74, 6) is -0.240. The average Bonchev–Trinajstić information content (AvgIpc) is 3.16. The Morgan fingerprint density at radius 2 is 1.97 bits per heavy atom. The van der Waals surface area contributed by atoms with Crippen LogP contribution in [0.2, 0.25) is 0 Å². The number of aromatic nitrogens is 1. The van der Waals surface area contributed by atoms with Crippen LogP contribution in [0.15, 0.2) is 53.5 Å². The van der Waals surface area contributed by atoms with E-state index in [4.69, 9.17) is 10.00 Å². The Morgan fingerprint density at radius 3 is 2.67 bits per heavy atom. The van der Waals surface area contributed by atoms with E-state index in [0.29, 0.717) is 31.2 Å². The Bertz CT molecular complexity index is 1190. The van der Waals surface area contributed by atoms with Gasteiger partial charge in [0.15, 0.2) is 6.19 Å². The Hall–Kier alpha value is -4.32. The minimum Gasteiger partial charge on any atom is -0.461 e. The van der Waals surface area contributed by atoms with Gasteiger partial charge in [0.1, 0.15) is 5.69 Å². The highest BCUT2D eigenvalue weighted by atomic mass is 16.5. The third kappa shape index (κ3) is 6.33. The second-order valence-corrected chi connectivity index (χ2v) is 7.20. The molecule has 3 rings (SSSR count). The Labute approximate surface area is 191 Å². The number of benzene rings is 2. The summed E-state index contributed by atoms with van der Waals surface area (Å²) in [6.45, 7) is 4.19. The number of carbonyl (C=O) groups is 2. The summed E-state index contributed by atoms with van der Waals surface area (Å²) in [4.78, 5) is 31.5. The molecule has 2 aromatic carbocycles. The zero-order valence-electron chi connectivity index (χ0n) is 18.6. The highest BCUT2D eigenvalue weighted by molar-refractivity contribution is 5.99. The van der Waals surface area contributed by atoms with Crippen molar-refractivity contribution >= 4 is 34.4 Å². The van der Waals surface area contributed by atoms with Gasteiger partial charge in [0.2, 0.25) is 11.9 Å². The summed E-state index contributed by atoms with van der Waals surface area (Å²) in [7, 11) is 0. The molecule has 0 saturated carbocycles. The number of aliphatic imine (C=N–C) groups is 1. The lowest BCUT2D eigenvalue weighted by Crippen LogP contribution is -2.27. The van der Waals surface area contributed by atoms with Crippen LogP contribution >= 0.6 is 0 Å². The van der Waals surface area contributed by atoms with Crippen molar-refractivity contribution in [3.63, 3.8) is 0 Å². The van der Waals surface area contributed by atoms with Crippen molar-refractivity contribution in [3.8, 4) is 6.19 Å². The van der Waals surface area contributed by atoms with Gasteiger partial charge >= 0.3 is 5.97 Å². The molecule has 0 fully saturated rings. The van der Waals surface area contributed by atoms with Crippen molar-refractivity contribution in [1.82, 2.24) is 15.6 Å². The molecule has 0 aliphatic rings. The van der Waals surface area contributed by atoms with Gasteiger partial charge in [0, 0.05) is 36.6 Å². The van der Waals surface area contributed by atoms with Gasteiger partial charge < -0.3 is 20.4 Å². The monoisotopic (exact) mass is 446 g/mol. The summed E-state index contributed by atoms with van der Waals surface area (Å²) in [5, 5.41) is 18.3. The van der Waals surface area contributed by atoms with Gasteiger partial charge in [0.05, 0.1) is 6.61 Å². The molecule has 9 nitrogen and oxygen atoms in total. The van der Waals surface area contributed by atoms with Gasteiger partial charge in [-0.15, -0.1) is 0 Å². The van der Waals surface area contributed by atoms with Crippen molar-refractivity contribution < 1.29 is 14.3 Å². The van der Waals surface area contributed by atoms with Crippen LogP contribution in [-0.2, 0) is 22.5 Å². The minimum atomic E-state index is -0.436. The van der Waals surface area contributed by atoms with Gasteiger partial charge in [0.25, 0.3) is 0 Å². The van der Waals surface area contributed by atoms with Crippen molar-refractivity contribution in [2.45, 2.75) is 26.8 Å². The second kappa shape index (κ2) is 11.3. The molecule has 0 unspecified atom stereocenters. The summed E-state index contributed by atoms with van der Waals surface area (Å²) in [5.41, 5.74) is 3.65. The van der Waals surface area contributed by atoms with Crippen LogP contribution in [-0.4, -0.2) is 36.0 Å². The maximum atomic E-state index is 12.6. The van der Waals surface area contributed by atoms with E-state index in [0.717, 1.165) is 27.7 Å². The number of nitrogens with one attached hydrogen (secondary N) is 4. The average molecular weight is 447 g/mol. The first kappa shape index (κ1) is 23.3. The number of esters is 1. The minimum absolute atomic E-state index is 0.116. The first-order valence-corrected chi connectivity index (χ1v) is 10.6. The standard InChI is InChI=1S/C24H26N6O3/c1-3-33-23(32)22-19(20-13-17(14-27-16(2)31)9-10-21(20)30-22)11-12-26-24(28-15-25)29-18-7-5-4-6-8-18/h4-10,13,30H,3,11-12,14H2,1-2H3,(H,27,31)(H2,26,28,29). The first-order valence-electron chi connectivity index (χ1n) is 10.6. The molecule has 1 amide bonds. The molecule has 9 heteroatoms. The smallest absolute Gasteiger partial charge is 0.355 e. The molecule has 3 aromatic rings. The molecule has 0 saturated heterocycles. The normalized spacial score (nSPS) is 11.0. The van der Waals surface area contributed by atoms with E-state index in [1.54, 1.807) is 6.92 Å². The molecule has 4 N–H and O–H groups in total. The summed E-state index contributed by atoms with van der Waals surface area (Å²) in [6.07, 6.45) is 2.32. The molecule has 0 aliphatic heterocycles. The number of fused-ring (bicyclic) bond motifs is 1. The molecule has 170 valence electrons. The second-order valence-electron chi connectivity index (χ2n) is 7.20. The van der Waals surface area contributed by atoms with Crippen LogP contribution in [0.3, 0.4) is 0 Å². The van der Waals surface area contributed by atoms with E-state index in [2.05, 4.69) is 25.9 Å². The van der Waals surface area contributed by atoms with Crippen molar-refractivity contribution in [2.24, 2.45) is 4.99 Å². The molecule has 0 bridgehead atoms. The largest absolute Gasteiger partial charge is 0.461 e.